The largest absolute Gasteiger partial charge is 0.371 e. The summed E-state index contributed by atoms with van der Waals surface area (Å²) in [5.41, 5.74) is 4.91. The van der Waals surface area contributed by atoms with Crippen LogP contribution in [0.4, 0.5) is 5.69 Å². The van der Waals surface area contributed by atoms with Crippen LogP contribution in [0, 0.1) is 5.92 Å². The third-order valence-electron chi connectivity index (χ3n) is 4.52. The average Bonchev–Trinajstić information content (AvgIpc) is 2.72. The van der Waals surface area contributed by atoms with Crippen LogP contribution in [0.2, 0.25) is 0 Å². The van der Waals surface area contributed by atoms with Crippen LogP contribution in [-0.4, -0.2) is 19.0 Å². The quantitative estimate of drug-likeness (QED) is 0.446. The standard InChI is InChI=1S/C14H19N3O/c1-17-11-7-3-2-5-9(11)13-10(14(18)16-15)6-4-8-12(13)17/h2-3,5,7,10,12-13H,4,6,8,15H2,1H3,(H,16,18). The fraction of sp³-hybridized carbons (Fsp3) is 0.500. The molecule has 18 heavy (non-hydrogen) atoms. The Labute approximate surface area is 107 Å². The van der Waals surface area contributed by atoms with Gasteiger partial charge >= 0.3 is 0 Å². The number of nitrogens with two attached hydrogens (primary N) is 1. The van der Waals surface area contributed by atoms with E-state index in [9.17, 15) is 4.79 Å². The van der Waals surface area contributed by atoms with E-state index in [-0.39, 0.29) is 11.8 Å². The van der Waals surface area contributed by atoms with Gasteiger partial charge < -0.3 is 4.90 Å². The van der Waals surface area contributed by atoms with Crippen molar-refractivity contribution in [1.82, 2.24) is 5.43 Å². The van der Waals surface area contributed by atoms with Crippen LogP contribution in [0.15, 0.2) is 24.3 Å². The molecule has 3 atom stereocenters. The number of amides is 1. The smallest absolute Gasteiger partial charge is 0.237 e. The number of para-hydroxylation sites is 1. The number of carbonyl (C=O) groups excluding carboxylic acids is 1. The predicted molar refractivity (Wildman–Crippen MR) is 71.0 cm³/mol. The van der Waals surface area contributed by atoms with E-state index in [2.05, 4.69) is 41.6 Å². The Kier molecular flexibility index (Phi) is 2.74. The second kappa shape index (κ2) is 4.28. The van der Waals surface area contributed by atoms with Crippen molar-refractivity contribution in [2.75, 3.05) is 11.9 Å². The SMILES string of the molecule is CN1c2ccccc2C2C(C(=O)NN)CCCC21. The molecule has 1 aromatic rings. The van der Waals surface area contributed by atoms with Crippen LogP contribution in [0.3, 0.4) is 0 Å². The fourth-order valence-corrected chi connectivity index (χ4v) is 3.70. The van der Waals surface area contributed by atoms with Gasteiger partial charge in [0.05, 0.1) is 0 Å². The van der Waals surface area contributed by atoms with E-state index in [0.29, 0.717) is 12.0 Å². The van der Waals surface area contributed by atoms with E-state index in [1.807, 2.05) is 0 Å². The van der Waals surface area contributed by atoms with Crippen molar-refractivity contribution in [1.29, 1.82) is 0 Å². The highest BCUT2D eigenvalue weighted by Crippen LogP contribution is 2.49. The fourth-order valence-electron chi connectivity index (χ4n) is 3.70. The third kappa shape index (κ3) is 1.52. The lowest BCUT2D eigenvalue weighted by molar-refractivity contribution is -0.126. The topological polar surface area (TPSA) is 58.4 Å². The van der Waals surface area contributed by atoms with Crippen LogP contribution in [0.5, 0.6) is 0 Å². The summed E-state index contributed by atoms with van der Waals surface area (Å²) in [5, 5.41) is 0. The van der Waals surface area contributed by atoms with Crippen molar-refractivity contribution in [2.24, 2.45) is 11.8 Å². The van der Waals surface area contributed by atoms with E-state index in [1.165, 1.54) is 11.3 Å². The Morgan fingerprint density at radius 1 is 1.39 bits per heavy atom. The van der Waals surface area contributed by atoms with Crippen molar-refractivity contribution in [3.63, 3.8) is 0 Å². The summed E-state index contributed by atoms with van der Waals surface area (Å²) in [6.07, 6.45) is 3.19. The van der Waals surface area contributed by atoms with Crippen molar-refractivity contribution in [2.45, 2.75) is 31.2 Å². The molecule has 0 aromatic heterocycles. The summed E-state index contributed by atoms with van der Waals surface area (Å²) in [6, 6.07) is 8.86. The summed E-state index contributed by atoms with van der Waals surface area (Å²) in [7, 11) is 2.13. The number of fused-ring (bicyclic) bond motifs is 3. The normalized spacial score (nSPS) is 29.7. The molecule has 0 spiro atoms. The van der Waals surface area contributed by atoms with Crippen LogP contribution in [-0.2, 0) is 4.79 Å². The lowest BCUT2D eigenvalue weighted by Gasteiger charge is -2.35. The number of hydrogen-bond acceptors (Lipinski definition) is 3. The van der Waals surface area contributed by atoms with E-state index < -0.39 is 0 Å². The van der Waals surface area contributed by atoms with Gasteiger partial charge in [-0.1, -0.05) is 24.6 Å². The summed E-state index contributed by atoms with van der Waals surface area (Å²) in [6.45, 7) is 0. The molecule has 1 heterocycles. The summed E-state index contributed by atoms with van der Waals surface area (Å²) in [5.74, 6) is 5.62. The lowest BCUT2D eigenvalue weighted by atomic mass is 9.74. The third-order valence-corrected chi connectivity index (χ3v) is 4.52. The molecular formula is C14H19N3O. The van der Waals surface area contributed by atoms with Gasteiger partial charge in [-0.2, -0.15) is 0 Å². The molecule has 3 rings (SSSR count). The van der Waals surface area contributed by atoms with Crippen molar-refractivity contribution < 1.29 is 4.79 Å². The van der Waals surface area contributed by atoms with Gasteiger partial charge in [0.25, 0.3) is 0 Å². The van der Waals surface area contributed by atoms with Crippen LogP contribution < -0.4 is 16.2 Å². The summed E-state index contributed by atoms with van der Waals surface area (Å²) >= 11 is 0. The number of nitrogens with zero attached hydrogens (tertiary/aromatic N) is 1. The maximum atomic E-state index is 12.0. The molecule has 3 unspecified atom stereocenters. The molecule has 1 amide bonds. The Morgan fingerprint density at radius 2 is 2.17 bits per heavy atom. The molecule has 1 saturated carbocycles. The van der Waals surface area contributed by atoms with Gasteiger partial charge in [0.15, 0.2) is 0 Å². The number of anilines is 1. The van der Waals surface area contributed by atoms with Gasteiger partial charge in [0, 0.05) is 30.6 Å². The molecule has 4 nitrogen and oxygen atoms in total. The number of hydrogen-bond donors (Lipinski definition) is 2. The van der Waals surface area contributed by atoms with Crippen molar-refractivity contribution in [3.8, 4) is 0 Å². The van der Waals surface area contributed by atoms with Gasteiger partial charge in [0.2, 0.25) is 5.91 Å². The van der Waals surface area contributed by atoms with Gasteiger partial charge in [0.1, 0.15) is 0 Å². The zero-order chi connectivity index (χ0) is 12.7. The molecule has 0 bridgehead atoms. The number of carbonyl (C=O) groups is 1. The van der Waals surface area contributed by atoms with E-state index in [4.69, 9.17) is 5.84 Å². The first kappa shape index (κ1) is 11.5. The molecule has 4 heteroatoms. The Hall–Kier alpha value is -1.55. The molecule has 0 radical (unpaired) electrons. The average molecular weight is 245 g/mol. The minimum atomic E-state index is -0.0187. The highest BCUT2D eigenvalue weighted by atomic mass is 16.2. The Morgan fingerprint density at radius 3 is 2.94 bits per heavy atom. The maximum Gasteiger partial charge on any atom is 0.237 e. The molecule has 3 N–H and O–H groups in total. The monoisotopic (exact) mass is 245 g/mol. The first-order chi connectivity index (χ1) is 8.74. The Balaban J connectivity index is 2.03. The first-order valence-electron chi connectivity index (χ1n) is 6.56. The van der Waals surface area contributed by atoms with Gasteiger partial charge in [-0.25, -0.2) is 5.84 Å². The minimum Gasteiger partial charge on any atom is -0.371 e. The number of benzene rings is 1. The molecule has 1 aromatic carbocycles. The van der Waals surface area contributed by atoms with Crippen LogP contribution in [0.25, 0.3) is 0 Å². The van der Waals surface area contributed by atoms with Crippen LogP contribution >= 0.6 is 0 Å². The van der Waals surface area contributed by atoms with Crippen molar-refractivity contribution in [3.05, 3.63) is 29.8 Å². The number of nitrogens with one attached hydrogen (secondary N) is 1. The Bertz CT molecular complexity index is 474. The molecule has 1 aliphatic carbocycles. The molecule has 0 saturated heterocycles. The summed E-state index contributed by atoms with van der Waals surface area (Å²) < 4.78 is 0. The van der Waals surface area contributed by atoms with E-state index in [0.717, 1.165) is 19.3 Å². The zero-order valence-electron chi connectivity index (χ0n) is 10.6. The molecule has 96 valence electrons. The minimum absolute atomic E-state index is 0.0137. The lowest BCUT2D eigenvalue weighted by Crippen LogP contribution is -2.45. The second-order valence-electron chi connectivity index (χ2n) is 5.31. The molecular weight excluding hydrogens is 226 g/mol. The molecule has 2 aliphatic rings. The second-order valence-corrected chi connectivity index (χ2v) is 5.31. The predicted octanol–water partition coefficient (Wildman–Crippen LogP) is 1.38. The van der Waals surface area contributed by atoms with Crippen LogP contribution in [0.1, 0.15) is 30.7 Å². The van der Waals surface area contributed by atoms with Gasteiger partial charge in [-0.05, 0) is 24.5 Å². The first-order valence-corrected chi connectivity index (χ1v) is 6.56. The highest BCUT2D eigenvalue weighted by Gasteiger charge is 2.45. The molecule has 1 aliphatic heterocycles. The number of likely N-dealkylation sites (N-methyl/N-ethyl adjacent to an activating group) is 1. The number of hydrazine groups is 1. The number of rotatable bonds is 1. The zero-order valence-corrected chi connectivity index (χ0v) is 10.6. The van der Waals surface area contributed by atoms with Gasteiger partial charge in [-0.3, -0.25) is 10.2 Å². The highest BCUT2D eigenvalue weighted by molar-refractivity contribution is 5.81. The van der Waals surface area contributed by atoms with E-state index >= 15 is 0 Å². The van der Waals surface area contributed by atoms with Crippen molar-refractivity contribution >= 4 is 11.6 Å². The van der Waals surface area contributed by atoms with E-state index in [1.54, 1.807) is 0 Å². The summed E-state index contributed by atoms with van der Waals surface area (Å²) in [4.78, 5) is 14.3. The van der Waals surface area contributed by atoms with Gasteiger partial charge in [-0.15, -0.1) is 0 Å². The maximum absolute atomic E-state index is 12.0. The molecule has 1 fully saturated rings.